The number of hydrogen-bond donors (Lipinski definition) is 1. The van der Waals surface area contributed by atoms with E-state index < -0.39 is 11.6 Å². The molecule has 2 N–H and O–H groups in total. The van der Waals surface area contributed by atoms with Gasteiger partial charge in [-0.15, -0.1) is 0 Å². The van der Waals surface area contributed by atoms with Crippen molar-refractivity contribution < 1.29 is 13.5 Å². The Hall–Kier alpha value is -1.42. The Labute approximate surface area is 81.0 Å². The zero-order valence-electron chi connectivity index (χ0n) is 7.76. The van der Waals surface area contributed by atoms with E-state index in [0.29, 0.717) is 12.1 Å². The van der Waals surface area contributed by atoms with E-state index in [2.05, 4.69) is 0 Å². The van der Waals surface area contributed by atoms with Crippen LogP contribution in [0.2, 0.25) is 0 Å². The number of methoxy groups -OCH3 is 1. The monoisotopic (exact) mass is 199 g/mol. The van der Waals surface area contributed by atoms with Crippen molar-refractivity contribution in [2.75, 3.05) is 13.7 Å². The SMILES string of the molecule is COc1c(/C=C/CN)ccc(F)c1F. The van der Waals surface area contributed by atoms with Crippen LogP contribution in [0.4, 0.5) is 8.78 Å². The van der Waals surface area contributed by atoms with Crippen LogP contribution in [0.5, 0.6) is 5.75 Å². The van der Waals surface area contributed by atoms with Gasteiger partial charge in [0.1, 0.15) is 0 Å². The highest BCUT2D eigenvalue weighted by Gasteiger charge is 2.11. The van der Waals surface area contributed by atoms with Crippen molar-refractivity contribution in [1.82, 2.24) is 0 Å². The van der Waals surface area contributed by atoms with Gasteiger partial charge in [0, 0.05) is 12.1 Å². The number of benzene rings is 1. The fourth-order valence-electron chi connectivity index (χ4n) is 1.08. The average Bonchev–Trinajstić information content (AvgIpc) is 2.20. The maximum absolute atomic E-state index is 13.1. The molecule has 0 atom stereocenters. The summed E-state index contributed by atoms with van der Waals surface area (Å²) in [7, 11) is 1.29. The van der Waals surface area contributed by atoms with Crippen LogP contribution in [0.1, 0.15) is 5.56 Å². The summed E-state index contributed by atoms with van der Waals surface area (Å²) in [6, 6.07) is 2.48. The van der Waals surface area contributed by atoms with Crippen molar-refractivity contribution in [3.05, 3.63) is 35.4 Å². The van der Waals surface area contributed by atoms with E-state index in [1.54, 1.807) is 12.2 Å². The van der Waals surface area contributed by atoms with E-state index in [9.17, 15) is 8.78 Å². The minimum atomic E-state index is -0.980. The first-order valence-electron chi connectivity index (χ1n) is 4.09. The van der Waals surface area contributed by atoms with E-state index in [-0.39, 0.29) is 5.75 Å². The summed E-state index contributed by atoms with van der Waals surface area (Å²) in [5.74, 6) is -2.01. The summed E-state index contributed by atoms with van der Waals surface area (Å²) in [5.41, 5.74) is 5.71. The standard InChI is InChI=1S/C10H11F2NO/c1-14-10-7(3-2-6-13)4-5-8(11)9(10)12/h2-5H,6,13H2,1H3/b3-2+. The third kappa shape index (κ3) is 2.09. The molecule has 0 bridgehead atoms. The summed E-state index contributed by atoms with van der Waals surface area (Å²) < 4.78 is 30.6. The predicted molar refractivity (Wildman–Crippen MR) is 51.0 cm³/mol. The third-order valence-electron chi connectivity index (χ3n) is 1.72. The molecule has 76 valence electrons. The quantitative estimate of drug-likeness (QED) is 0.807. The molecule has 0 spiro atoms. The Morgan fingerprint density at radius 1 is 1.43 bits per heavy atom. The van der Waals surface area contributed by atoms with Crippen molar-refractivity contribution in [3.8, 4) is 5.75 Å². The zero-order chi connectivity index (χ0) is 10.6. The maximum Gasteiger partial charge on any atom is 0.201 e. The van der Waals surface area contributed by atoms with E-state index in [4.69, 9.17) is 10.5 Å². The molecule has 0 saturated heterocycles. The molecule has 0 aliphatic rings. The van der Waals surface area contributed by atoms with Gasteiger partial charge >= 0.3 is 0 Å². The number of ether oxygens (including phenoxy) is 1. The number of rotatable bonds is 3. The Bertz CT molecular complexity index is 350. The van der Waals surface area contributed by atoms with Crippen LogP contribution in [0.25, 0.3) is 6.08 Å². The van der Waals surface area contributed by atoms with E-state index in [1.807, 2.05) is 0 Å². The topological polar surface area (TPSA) is 35.2 Å². The van der Waals surface area contributed by atoms with Crippen LogP contribution < -0.4 is 10.5 Å². The molecule has 0 unspecified atom stereocenters. The molecule has 0 radical (unpaired) electrons. The Balaban J connectivity index is 3.17. The van der Waals surface area contributed by atoms with Gasteiger partial charge in [-0.05, 0) is 12.1 Å². The predicted octanol–water partition coefficient (Wildman–Crippen LogP) is 1.95. The zero-order valence-corrected chi connectivity index (χ0v) is 7.76. The number of nitrogens with two attached hydrogens (primary N) is 1. The number of hydrogen-bond acceptors (Lipinski definition) is 2. The normalized spacial score (nSPS) is 10.9. The molecule has 1 rings (SSSR count). The third-order valence-corrected chi connectivity index (χ3v) is 1.72. The molecule has 0 heterocycles. The van der Waals surface area contributed by atoms with Crippen molar-refractivity contribution in [1.29, 1.82) is 0 Å². The lowest BCUT2D eigenvalue weighted by Gasteiger charge is -2.06. The molecule has 1 aromatic rings. The van der Waals surface area contributed by atoms with Crippen LogP contribution in [0, 0.1) is 11.6 Å². The summed E-state index contributed by atoms with van der Waals surface area (Å²) in [4.78, 5) is 0. The van der Waals surface area contributed by atoms with Gasteiger partial charge in [0.25, 0.3) is 0 Å². The minimum absolute atomic E-state index is 0.102. The van der Waals surface area contributed by atoms with Gasteiger partial charge < -0.3 is 10.5 Å². The van der Waals surface area contributed by atoms with Crippen LogP contribution in [0.15, 0.2) is 18.2 Å². The summed E-state index contributed by atoms with van der Waals surface area (Å²) >= 11 is 0. The van der Waals surface area contributed by atoms with Gasteiger partial charge in [-0.1, -0.05) is 12.2 Å². The fraction of sp³-hybridized carbons (Fsp3) is 0.200. The molecule has 2 nitrogen and oxygen atoms in total. The summed E-state index contributed by atoms with van der Waals surface area (Å²) in [6.45, 7) is 0.335. The molecule has 0 fully saturated rings. The summed E-state index contributed by atoms with van der Waals surface area (Å²) in [6.07, 6.45) is 3.22. The van der Waals surface area contributed by atoms with Crippen LogP contribution in [0.3, 0.4) is 0 Å². The van der Waals surface area contributed by atoms with E-state index in [0.717, 1.165) is 6.07 Å². The highest BCUT2D eigenvalue weighted by molar-refractivity contribution is 5.57. The van der Waals surface area contributed by atoms with Gasteiger partial charge in [0.15, 0.2) is 11.6 Å². The molecule has 0 aliphatic heterocycles. The van der Waals surface area contributed by atoms with Gasteiger partial charge in [0.05, 0.1) is 7.11 Å². The lowest BCUT2D eigenvalue weighted by Crippen LogP contribution is -1.96. The average molecular weight is 199 g/mol. The highest BCUT2D eigenvalue weighted by Crippen LogP contribution is 2.25. The molecule has 0 amide bonds. The van der Waals surface area contributed by atoms with Gasteiger partial charge in [-0.2, -0.15) is 4.39 Å². The summed E-state index contributed by atoms with van der Waals surface area (Å²) in [5, 5.41) is 0. The van der Waals surface area contributed by atoms with Crippen molar-refractivity contribution in [2.45, 2.75) is 0 Å². The first-order valence-corrected chi connectivity index (χ1v) is 4.09. The van der Waals surface area contributed by atoms with Crippen molar-refractivity contribution in [3.63, 3.8) is 0 Å². The molecule has 1 aromatic carbocycles. The van der Waals surface area contributed by atoms with Gasteiger partial charge in [-0.3, -0.25) is 0 Å². The van der Waals surface area contributed by atoms with E-state index >= 15 is 0 Å². The highest BCUT2D eigenvalue weighted by atomic mass is 19.2. The smallest absolute Gasteiger partial charge is 0.201 e. The molecule has 0 aliphatic carbocycles. The molecule has 14 heavy (non-hydrogen) atoms. The fourth-order valence-corrected chi connectivity index (χ4v) is 1.08. The molecule has 4 heteroatoms. The first kappa shape index (κ1) is 10.7. The second-order valence-electron chi connectivity index (χ2n) is 2.62. The second kappa shape index (κ2) is 4.72. The van der Waals surface area contributed by atoms with Crippen LogP contribution >= 0.6 is 0 Å². The first-order chi connectivity index (χ1) is 6.70. The van der Waals surface area contributed by atoms with Gasteiger partial charge in [0.2, 0.25) is 5.82 Å². The lowest BCUT2D eigenvalue weighted by molar-refractivity contribution is 0.371. The molecule has 0 saturated carbocycles. The molecular weight excluding hydrogens is 188 g/mol. The Morgan fingerprint density at radius 3 is 2.71 bits per heavy atom. The second-order valence-corrected chi connectivity index (χ2v) is 2.62. The molecule has 0 aromatic heterocycles. The van der Waals surface area contributed by atoms with Crippen LogP contribution in [-0.2, 0) is 0 Å². The van der Waals surface area contributed by atoms with Crippen molar-refractivity contribution >= 4 is 6.08 Å². The Kier molecular flexibility index (Phi) is 3.59. The maximum atomic E-state index is 13.1. The number of halogens is 2. The largest absolute Gasteiger partial charge is 0.493 e. The lowest BCUT2D eigenvalue weighted by atomic mass is 10.1. The molecular formula is C10H11F2NO. The minimum Gasteiger partial charge on any atom is -0.493 e. The van der Waals surface area contributed by atoms with Gasteiger partial charge in [-0.25, -0.2) is 4.39 Å². The Morgan fingerprint density at radius 2 is 2.14 bits per heavy atom. The van der Waals surface area contributed by atoms with E-state index in [1.165, 1.54) is 13.2 Å². The van der Waals surface area contributed by atoms with Crippen LogP contribution in [-0.4, -0.2) is 13.7 Å². The van der Waals surface area contributed by atoms with Crippen molar-refractivity contribution in [2.24, 2.45) is 5.73 Å².